The van der Waals surface area contributed by atoms with Crippen LogP contribution in [-0.2, 0) is 16.6 Å². The number of rotatable bonds is 2. The van der Waals surface area contributed by atoms with Crippen LogP contribution in [0.1, 0.15) is 48.2 Å². The molecular formula is C21H21NO2S. The van der Waals surface area contributed by atoms with Crippen LogP contribution in [0.15, 0.2) is 35.4 Å². The highest BCUT2D eigenvalue weighted by molar-refractivity contribution is 7.99. The van der Waals surface area contributed by atoms with Gasteiger partial charge in [-0.15, -0.1) is 11.8 Å². The summed E-state index contributed by atoms with van der Waals surface area (Å²) in [6.45, 7) is 6.68. The molecule has 128 valence electrons. The summed E-state index contributed by atoms with van der Waals surface area (Å²) in [6.07, 6.45) is 2.74. The molecule has 0 fully saturated rings. The Balaban J connectivity index is 1.89. The van der Waals surface area contributed by atoms with E-state index in [-0.39, 0.29) is 11.8 Å². The first-order chi connectivity index (χ1) is 11.8. The Labute approximate surface area is 152 Å². The molecule has 1 aromatic heterocycles. The second-order valence-electron chi connectivity index (χ2n) is 7.02. The number of fused-ring (bicyclic) bond motifs is 1. The standard InChI is InChI=1S/C21H21NO2S/c1-14-10-19-18(21(2,3)8-9-25-19)12-16(14)5-7-17-6-4-15(13-22-17)11-20(23)24/h4,6,10,12-13H,8-9,11H2,1-3H3,(H,23,24). The molecule has 3 nitrogen and oxygen atoms in total. The van der Waals surface area contributed by atoms with Crippen LogP contribution in [0.4, 0.5) is 0 Å². The van der Waals surface area contributed by atoms with E-state index in [0.29, 0.717) is 11.3 Å². The van der Waals surface area contributed by atoms with Gasteiger partial charge in [0.2, 0.25) is 0 Å². The number of hydrogen-bond acceptors (Lipinski definition) is 3. The van der Waals surface area contributed by atoms with Crippen LogP contribution in [0, 0.1) is 18.8 Å². The molecule has 4 heteroatoms. The fraction of sp³-hybridized carbons (Fsp3) is 0.333. The van der Waals surface area contributed by atoms with E-state index in [1.165, 1.54) is 22.4 Å². The minimum absolute atomic E-state index is 0.0165. The Morgan fingerprint density at radius 3 is 2.80 bits per heavy atom. The minimum atomic E-state index is -0.856. The maximum atomic E-state index is 10.7. The van der Waals surface area contributed by atoms with Gasteiger partial charge in [0, 0.05) is 16.7 Å². The predicted octanol–water partition coefficient (Wildman–Crippen LogP) is 4.19. The summed E-state index contributed by atoms with van der Waals surface area (Å²) in [7, 11) is 0. The van der Waals surface area contributed by atoms with Gasteiger partial charge in [0.25, 0.3) is 0 Å². The van der Waals surface area contributed by atoms with Crippen molar-refractivity contribution in [1.82, 2.24) is 4.98 Å². The number of nitrogens with zero attached hydrogens (tertiary/aromatic N) is 1. The molecule has 2 heterocycles. The third-order valence-electron chi connectivity index (χ3n) is 4.55. The molecule has 25 heavy (non-hydrogen) atoms. The van der Waals surface area contributed by atoms with Crippen LogP contribution < -0.4 is 0 Å². The fourth-order valence-corrected chi connectivity index (χ4v) is 4.51. The number of thioether (sulfide) groups is 1. The normalized spacial score (nSPS) is 15.0. The van der Waals surface area contributed by atoms with Gasteiger partial charge in [0.05, 0.1) is 6.42 Å². The SMILES string of the molecule is Cc1cc2c(cc1C#Cc1ccc(CC(=O)O)cn1)C(C)(C)CCS2. The van der Waals surface area contributed by atoms with Gasteiger partial charge < -0.3 is 5.11 Å². The lowest BCUT2D eigenvalue weighted by Gasteiger charge is -2.32. The summed E-state index contributed by atoms with van der Waals surface area (Å²) >= 11 is 1.93. The van der Waals surface area contributed by atoms with Crippen LogP contribution in [0.3, 0.4) is 0 Å². The van der Waals surface area contributed by atoms with Crippen molar-refractivity contribution in [3.63, 3.8) is 0 Å². The summed E-state index contributed by atoms with van der Waals surface area (Å²) in [5.74, 6) is 6.65. The molecule has 0 radical (unpaired) electrons. The van der Waals surface area contributed by atoms with E-state index >= 15 is 0 Å². The predicted molar refractivity (Wildman–Crippen MR) is 101 cm³/mol. The summed E-state index contributed by atoms with van der Waals surface area (Å²) in [6, 6.07) is 8.01. The zero-order chi connectivity index (χ0) is 18.0. The summed E-state index contributed by atoms with van der Waals surface area (Å²) < 4.78 is 0. The molecule has 0 amide bonds. The first-order valence-electron chi connectivity index (χ1n) is 8.32. The van der Waals surface area contributed by atoms with E-state index in [4.69, 9.17) is 5.11 Å². The van der Waals surface area contributed by atoms with E-state index in [9.17, 15) is 4.79 Å². The molecule has 2 aromatic rings. The van der Waals surface area contributed by atoms with Crippen molar-refractivity contribution in [2.24, 2.45) is 0 Å². The van der Waals surface area contributed by atoms with Crippen molar-refractivity contribution in [2.75, 3.05) is 5.75 Å². The zero-order valence-corrected chi connectivity index (χ0v) is 15.5. The number of carbonyl (C=O) groups is 1. The quantitative estimate of drug-likeness (QED) is 0.824. The van der Waals surface area contributed by atoms with Crippen LogP contribution in [-0.4, -0.2) is 21.8 Å². The van der Waals surface area contributed by atoms with Crippen molar-refractivity contribution in [3.05, 3.63) is 58.4 Å². The van der Waals surface area contributed by atoms with E-state index in [1.807, 2.05) is 11.8 Å². The zero-order valence-electron chi connectivity index (χ0n) is 14.7. The molecule has 1 aliphatic rings. The number of aromatic nitrogens is 1. The molecule has 1 aromatic carbocycles. The minimum Gasteiger partial charge on any atom is -0.481 e. The largest absolute Gasteiger partial charge is 0.481 e. The average Bonchev–Trinajstić information content (AvgIpc) is 2.54. The third kappa shape index (κ3) is 4.05. The van der Waals surface area contributed by atoms with Crippen molar-refractivity contribution in [3.8, 4) is 11.8 Å². The molecular weight excluding hydrogens is 330 g/mol. The Kier molecular flexibility index (Phi) is 4.87. The van der Waals surface area contributed by atoms with Gasteiger partial charge in [0.15, 0.2) is 0 Å². The molecule has 0 atom stereocenters. The second kappa shape index (κ2) is 6.93. The fourth-order valence-electron chi connectivity index (χ4n) is 2.92. The molecule has 1 N–H and O–H groups in total. The van der Waals surface area contributed by atoms with E-state index in [0.717, 1.165) is 11.3 Å². The summed E-state index contributed by atoms with van der Waals surface area (Å²) in [5, 5.41) is 8.80. The number of hydrogen-bond donors (Lipinski definition) is 1. The number of aryl methyl sites for hydroxylation is 1. The van der Waals surface area contributed by atoms with Crippen LogP contribution >= 0.6 is 11.8 Å². The van der Waals surface area contributed by atoms with Gasteiger partial charge in [-0.2, -0.15) is 0 Å². The lowest BCUT2D eigenvalue weighted by Crippen LogP contribution is -2.23. The number of benzene rings is 1. The molecule has 0 saturated carbocycles. The highest BCUT2D eigenvalue weighted by atomic mass is 32.2. The monoisotopic (exact) mass is 351 g/mol. The lowest BCUT2D eigenvalue weighted by atomic mass is 9.80. The molecule has 0 bridgehead atoms. The highest BCUT2D eigenvalue weighted by Crippen LogP contribution is 2.42. The van der Waals surface area contributed by atoms with Crippen molar-refractivity contribution in [1.29, 1.82) is 0 Å². The summed E-state index contributed by atoms with van der Waals surface area (Å²) in [5.41, 5.74) is 5.11. The van der Waals surface area contributed by atoms with Gasteiger partial charge in [-0.1, -0.05) is 25.8 Å². The van der Waals surface area contributed by atoms with Gasteiger partial charge in [-0.05, 0) is 65.3 Å². The Morgan fingerprint density at radius 1 is 1.32 bits per heavy atom. The third-order valence-corrected chi connectivity index (χ3v) is 5.60. The molecule has 1 aliphatic heterocycles. The van der Waals surface area contributed by atoms with Gasteiger partial charge in [0.1, 0.15) is 5.69 Å². The Hall–Kier alpha value is -2.25. The molecule has 0 spiro atoms. The summed E-state index contributed by atoms with van der Waals surface area (Å²) in [4.78, 5) is 16.3. The Morgan fingerprint density at radius 2 is 2.12 bits per heavy atom. The lowest BCUT2D eigenvalue weighted by molar-refractivity contribution is -0.136. The van der Waals surface area contributed by atoms with Crippen LogP contribution in [0.5, 0.6) is 0 Å². The second-order valence-corrected chi connectivity index (χ2v) is 8.15. The van der Waals surface area contributed by atoms with E-state index in [2.05, 4.69) is 49.7 Å². The molecule has 0 aliphatic carbocycles. The number of pyridine rings is 1. The highest BCUT2D eigenvalue weighted by Gasteiger charge is 2.28. The maximum absolute atomic E-state index is 10.7. The molecule has 0 unspecified atom stereocenters. The number of carboxylic acid groups (broad SMARTS) is 1. The van der Waals surface area contributed by atoms with Gasteiger partial charge in [-0.25, -0.2) is 4.98 Å². The van der Waals surface area contributed by atoms with Crippen molar-refractivity contribution < 1.29 is 9.90 Å². The van der Waals surface area contributed by atoms with Crippen molar-refractivity contribution >= 4 is 17.7 Å². The van der Waals surface area contributed by atoms with Crippen molar-refractivity contribution in [2.45, 2.75) is 43.9 Å². The number of carboxylic acids is 1. The maximum Gasteiger partial charge on any atom is 0.307 e. The van der Waals surface area contributed by atoms with E-state index in [1.54, 1.807) is 18.3 Å². The Bertz CT molecular complexity index is 873. The topological polar surface area (TPSA) is 50.2 Å². The molecule has 0 saturated heterocycles. The smallest absolute Gasteiger partial charge is 0.307 e. The van der Waals surface area contributed by atoms with Gasteiger partial charge >= 0.3 is 5.97 Å². The average molecular weight is 351 g/mol. The first kappa shape index (κ1) is 17.6. The number of aliphatic carboxylic acids is 1. The van der Waals surface area contributed by atoms with Gasteiger partial charge in [-0.3, -0.25) is 4.79 Å². The first-order valence-corrected chi connectivity index (χ1v) is 9.30. The molecule has 3 rings (SSSR count). The van der Waals surface area contributed by atoms with Crippen LogP contribution in [0.2, 0.25) is 0 Å². The van der Waals surface area contributed by atoms with Crippen LogP contribution in [0.25, 0.3) is 0 Å². The van der Waals surface area contributed by atoms with E-state index < -0.39 is 5.97 Å².